The van der Waals surface area contributed by atoms with Crippen molar-refractivity contribution in [3.8, 4) is 0 Å². The highest BCUT2D eigenvalue weighted by atomic mass is 127. The van der Waals surface area contributed by atoms with Crippen molar-refractivity contribution in [3.63, 3.8) is 0 Å². The fraction of sp³-hybridized carbons (Fsp3) is 0.522. The fourth-order valence-electron chi connectivity index (χ4n) is 4.90. The molecule has 1 aliphatic heterocycles. The van der Waals surface area contributed by atoms with Gasteiger partial charge >= 0.3 is 0 Å². The predicted octanol–water partition coefficient (Wildman–Crippen LogP) is 2.16. The first-order valence-electron chi connectivity index (χ1n) is 11.1. The first kappa shape index (κ1) is 24.9. The van der Waals surface area contributed by atoms with Crippen LogP contribution in [0.4, 0.5) is 0 Å². The Morgan fingerprint density at radius 2 is 1.75 bits per heavy atom. The van der Waals surface area contributed by atoms with Crippen molar-refractivity contribution in [2.75, 3.05) is 31.9 Å². The number of allylic oxidation sites excluding steroid dienone is 2. The van der Waals surface area contributed by atoms with E-state index in [1.54, 1.807) is 0 Å². The molecule has 2 N–H and O–H groups in total. The minimum atomic E-state index is -1.06. The number of halogens is 1. The molecule has 1 heterocycles. The SMILES string of the molecule is CCNC(=NCCCN1C(=O)C2C3C=CC(C3)C2C1=O)NCCS(=O)c1ccccc1.I. The zero-order chi connectivity index (χ0) is 21.8. The van der Waals surface area contributed by atoms with Gasteiger partial charge in [-0.3, -0.25) is 23.7 Å². The lowest BCUT2D eigenvalue weighted by atomic mass is 9.85. The van der Waals surface area contributed by atoms with Gasteiger partial charge in [0.15, 0.2) is 5.96 Å². The topological polar surface area (TPSA) is 90.9 Å². The quantitative estimate of drug-likeness (QED) is 0.119. The molecule has 0 radical (unpaired) electrons. The molecule has 32 heavy (non-hydrogen) atoms. The van der Waals surface area contributed by atoms with Crippen molar-refractivity contribution in [1.82, 2.24) is 15.5 Å². The van der Waals surface area contributed by atoms with Crippen molar-refractivity contribution in [3.05, 3.63) is 42.5 Å². The average molecular weight is 570 g/mol. The van der Waals surface area contributed by atoms with Gasteiger partial charge in [0.1, 0.15) is 0 Å². The molecule has 7 nitrogen and oxygen atoms in total. The first-order valence-corrected chi connectivity index (χ1v) is 12.4. The van der Waals surface area contributed by atoms with E-state index in [2.05, 4.69) is 27.8 Å². The van der Waals surface area contributed by atoms with Crippen LogP contribution in [-0.2, 0) is 20.4 Å². The maximum atomic E-state index is 12.7. The van der Waals surface area contributed by atoms with Gasteiger partial charge in [-0.25, -0.2) is 0 Å². The number of aliphatic imine (C=N–C) groups is 1. The van der Waals surface area contributed by atoms with Gasteiger partial charge in [0.25, 0.3) is 0 Å². The number of rotatable bonds is 9. The number of carbonyl (C=O) groups is 2. The van der Waals surface area contributed by atoms with Crippen LogP contribution in [0.2, 0.25) is 0 Å². The van der Waals surface area contributed by atoms with E-state index in [9.17, 15) is 13.8 Å². The first-order chi connectivity index (χ1) is 15.1. The molecule has 0 spiro atoms. The average Bonchev–Trinajstić information content (AvgIpc) is 3.46. The number of likely N-dealkylation sites (tertiary alicyclic amines) is 1. The number of fused-ring (bicyclic) bond motifs is 5. The van der Waals surface area contributed by atoms with Gasteiger partial charge in [0.2, 0.25) is 11.8 Å². The van der Waals surface area contributed by atoms with Crippen LogP contribution in [0.3, 0.4) is 0 Å². The van der Waals surface area contributed by atoms with Crippen LogP contribution >= 0.6 is 24.0 Å². The van der Waals surface area contributed by atoms with Crippen LogP contribution in [-0.4, -0.2) is 58.8 Å². The van der Waals surface area contributed by atoms with Gasteiger partial charge in [-0.05, 0) is 43.7 Å². The summed E-state index contributed by atoms with van der Waals surface area (Å²) in [6, 6.07) is 9.41. The zero-order valence-electron chi connectivity index (χ0n) is 18.2. The normalized spacial score (nSPS) is 26.8. The molecule has 2 fully saturated rings. The molecule has 2 bridgehead atoms. The largest absolute Gasteiger partial charge is 0.357 e. The summed E-state index contributed by atoms with van der Waals surface area (Å²) >= 11 is 0. The van der Waals surface area contributed by atoms with Crippen molar-refractivity contribution in [2.24, 2.45) is 28.7 Å². The van der Waals surface area contributed by atoms with E-state index in [1.165, 1.54) is 4.90 Å². The van der Waals surface area contributed by atoms with Gasteiger partial charge < -0.3 is 10.6 Å². The lowest BCUT2D eigenvalue weighted by Crippen LogP contribution is -2.39. The lowest BCUT2D eigenvalue weighted by molar-refractivity contribution is -0.140. The number of nitrogens with zero attached hydrogens (tertiary/aromatic N) is 2. The summed E-state index contributed by atoms with van der Waals surface area (Å²) in [7, 11) is -1.06. The van der Waals surface area contributed by atoms with Crippen LogP contribution < -0.4 is 10.6 Å². The monoisotopic (exact) mass is 570 g/mol. The number of hydrogen-bond acceptors (Lipinski definition) is 4. The number of amides is 2. The van der Waals surface area contributed by atoms with E-state index in [0.717, 1.165) is 17.9 Å². The maximum Gasteiger partial charge on any atom is 0.233 e. The molecular formula is C23H31IN4O3S. The third-order valence-electron chi connectivity index (χ3n) is 6.30. The van der Waals surface area contributed by atoms with Crippen LogP contribution in [0.15, 0.2) is 52.4 Å². The second-order valence-corrected chi connectivity index (χ2v) is 9.80. The number of benzene rings is 1. The summed E-state index contributed by atoms with van der Waals surface area (Å²) in [5, 5.41) is 6.39. The third-order valence-corrected chi connectivity index (χ3v) is 7.67. The summed E-state index contributed by atoms with van der Waals surface area (Å²) < 4.78 is 12.3. The van der Waals surface area contributed by atoms with Crippen LogP contribution in [0, 0.1) is 23.7 Å². The number of nitrogens with one attached hydrogen (secondary N) is 2. The molecule has 1 saturated heterocycles. The van der Waals surface area contributed by atoms with Crippen molar-refractivity contribution < 1.29 is 13.8 Å². The lowest BCUT2D eigenvalue weighted by Gasteiger charge is -2.17. The molecule has 1 aromatic rings. The van der Waals surface area contributed by atoms with Gasteiger partial charge in [-0.1, -0.05) is 30.4 Å². The van der Waals surface area contributed by atoms with E-state index >= 15 is 0 Å². The Balaban J connectivity index is 0.00000289. The summed E-state index contributed by atoms with van der Waals surface area (Å²) in [4.78, 5) is 32.3. The molecule has 4 rings (SSSR count). The number of guanidine groups is 1. The molecule has 174 valence electrons. The number of carbonyl (C=O) groups excluding carboxylic acids is 2. The Labute approximate surface area is 209 Å². The summed E-state index contributed by atoms with van der Waals surface area (Å²) in [5.41, 5.74) is 0. The standard InChI is InChI=1S/C23H30N4O3S.HI/c1-2-24-23(26-12-14-31(30)18-7-4-3-5-8-18)25-11-6-13-27-21(28)19-16-9-10-17(15-16)20(19)22(27)29;/h3-5,7-10,16-17,19-20H,2,6,11-15H2,1H3,(H2,24,25,26);1H. The molecular weight excluding hydrogens is 539 g/mol. The maximum absolute atomic E-state index is 12.7. The van der Waals surface area contributed by atoms with Crippen LogP contribution in [0.1, 0.15) is 19.8 Å². The molecule has 1 aromatic carbocycles. The van der Waals surface area contributed by atoms with Crippen molar-refractivity contribution in [1.29, 1.82) is 0 Å². The predicted molar refractivity (Wildman–Crippen MR) is 136 cm³/mol. The molecule has 3 aliphatic rings. The minimum absolute atomic E-state index is 0. The fourth-order valence-corrected chi connectivity index (χ4v) is 5.88. The molecule has 5 atom stereocenters. The van der Waals surface area contributed by atoms with Gasteiger partial charge in [0, 0.05) is 36.8 Å². The second kappa shape index (κ2) is 11.4. The van der Waals surface area contributed by atoms with Crippen LogP contribution in [0.25, 0.3) is 0 Å². The van der Waals surface area contributed by atoms with E-state index in [1.807, 2.05) is 37.3 Å². The zero-order valence-corrected chi connectivity index (χ0v) is 21.4. The number of hydrogen-bond donors (Lipinski definition) is 2. The molecule has 2 amide bonds. The smallest absolute Gasteiger partial charge is 0.233 e. The molecule has 0 aromatic heterocycles. The van der Waals surface area contributed by atoms with Crippen LogP contribution in [0.5, 0.6) is 0 Å². The summed E-state index contributed by atoms with van der Waals surface area (Å²) in [5.74, 6) is 1.40. The second-order valence-electron chi connectivity index (χ2n) is 8.23. The van der Waals surface area contributed by atoms with E-state index in [4.69, 9.17) is 0 Å². The Morgan fingerprint density at radius 3 is 2.38 bits per heavy atom. The summed E-state index contributed by atoms with van der Waals surface area (Å²) in [6.07, 6.45) is 5.82. The van der Waals surface area contributed by atoms with Gasteiger partial charge in [-0.15, -0.1) is 24.0 Å². The molecule has 1 saturated carbocycles. The van der Waals surface area contributed by atoms with E-state index < -0.39 is 10.8 Å². The Kier molecular flexibility index (Phi) is 8.87. The Hall–Kier alpha value is -1.75. The highest BCUT2D eigenvalue weighted by molar-refractivity contribution is 14.0. The highest BCUT2D eigenvalue weighted by Gasteiger charge is 2.58. The third kappa shape index (κ3) is 5.24. The van der Waals surface area contributed by atoms with E-state index in [0.29, 0.717) is 37.8 Å². The minimum Gasteiger partial charge on any atom is -0.357 e. The van der Waals surface area contributed by atoms with Crippen molar-refractivity contribution >= 4 is 52.6 Å². The molecule has 2 aliphatic carbocycles. The highest BCUT2D eigenvalue weighted by Crippen LogP contribution is 2.52. The van der Waals surface area contributed by atoms with E-state index in [-0.39, 0.29) is 59.5 Å². The Morgan fingerprint density at radius 1 is 1.09 bits per heavy atom. The Bertz CT molecular complexity index is 878. The molecule has 9 heteroatoms. The van der Waals surface area contributed by atoms with Crippen molar-refractivity contribution in [2.45, 2.75) is 24.7 Å². The molecule has 5 unspecified atom stereocenters. The number of imide groups is 1. The van der Waals surface area contributed by atoms with Gasteiger partial charge in [0.05, 0.1) is 22.6 Å². The summed E-state index contributed by atoms with van der Waals surface area (Å²) in [6.45, 7) is 4.17. The van der Waals surface area contributed by atoms with Gasteiger partial charge in [-0.2, -0.15) is 0 Å².